The van der Waals surface area contributed by atoms with Gasteiger partial charge in [-0.25, -0.2) is 4.79 Å². The van der Waals surface area contributed by atoms with Gasteiger partial charge in [-0.05, 0) is 65.4 Å². The monoisotopic (exact) mass is 395 g/mol. The predicted molar refractivity (Wildman–Crippen MR) is 112 cm³/mol. The third kappa shape index (κ3) is 5.96. The average Bonchev–Trinajstić information content (AvgIpc) is 2.93. The molecule has 1 amide bonds. The van der Waals surface area contributed by atoms with Crippen LogP contribution in [-0.4, -0.2) is 46.2 Å². The molecular weight excluding hydrogens is 354 g/mol. The van der Waals surface area contributed by atoms with Gasteiger partial charge in [-0.1, -0.05) is 45.1 Å². The summed E-state index contributed by atoms with van der Waals surface area (Å²) in [6.07, 6.45) is 10.3. The minimum absolute atomic E-state index is 0.325. The zero-order valence-corrected chi connectivity index (χ0v) is 18.8. The maximum atomic E-state index is 12.9. The number of hydrogen-bond acceptors (Lipinski definition) is 4. The smallest absolute Gasteiger partial charge is 0.413 e. The molecule has 0 aromatic rings. The van der Waals surface area contributed by atoms with Gasteiger partial charge in [0.15, 0.2) is 0 Å². The Morgan fingerprint density at radius 2 is 1.93 bits per heavy atom. The average molecular weight is 396 g/mol. The molecule has 5 heteroatoms. The summed E-state index contributed by atoms with van der Waals surface area (Å²) in [6, 6.07) is -0.417. The van der Waals surface area contributed by atoms with Gasteiger partial charge in [-0.2, -0.15) is 0 Å². The predicted octanol–water partition coefficient (Wildman–Crippen LogP) is 5.42. The van der Waals surface area contributed by atoms with Gasteiger partial charge >= 0.3 is 6.09 Å². The maximum absolute atomic E-state index is 12.9. The fourth-order valence-corrected chi connectivity index (χ4v) is 4.39. The van der Waals surface area contributed by atoms with E-state index in [2.05, 4.69) is 13.0 Å². The Morgan fingerprint density at radius 1 is 1.29 bits per heavy atom. The van der Waals surface area contributed by atoms with E-state index in [1.807, 2.05) is 34.6 Å². The Hall–Kier alpha value is -1.07. The summed E-state index contributed by atoms with van der Waals surface area (Å²) in [6.45, 7) is 11.8. The van der Waals surface area contributed by atoms with Crippen LogP contribution in [0, 0.1) is 5.92 Å². The molecule has 2 fully saturated rings. The van der Waals surface area contributed by atoms with Crippen molar-refractivity contribution in [1.82, 2.24) is 4.90 Å². The SMILES string of the molecule is CCCC/C=C(/C1CCCCC1)[C@H](O)[C@@H]1COC(C)(C)N1C(=O)OC(C)(C)C. The topological polar surface area (TPSA) is 59.0 Å². The molecule has 2 atom stereocenters. The van der Waals surface area contributed by atoms with Gasteiger partial charge in [0.1, 0.15) is 11.3 Å². The fraction of sp³-hybridized carbons (Fsp3) is 0.870. The number of hydrogen-bond donors (Lipinski definition) is 1. The van der Waals surface area contributed by atoms with E-state index in [1.165, 1.54) is 19.3 Å². The number of rotatable bonds is 6. The summed E-state index contributed by atoms with van der Waals surface area (Å²) in [5.41, 5.74) is -0.281. The summed E-state index contributed by atoms with van der Waals surface area (Å²) in [5, 5.41) is 11.4. The first-order valence-corrected chi connectivity index (χ1v) is 11.1. The van der Waals surface area contributed by atoms with E-state index in [-0.39, 0.29) is 0 Å². The molecule has 28 heavy (non-hydrogen) atoms. The minimum Gasteiger partial charge on any atom is -0.444 e. The Kier molecular flexibility index (Phi) is 7.97. The molecule has 1 heterocycles. The van der Waals surface area contributed by atoms with E-state index in [1.54, 1.807) is 4.90 Å². The van der Waals surface area contributed by atoms with Crippen LogP contribution in [0.5, 0.6) is 0 Å². The Labute approximate surface area is 171 Å². The number of allylic oxidation sites excluding steroid dienone is 1. The highest BCUT2D eigenvalue weighted by atomic mass is 16.6. The van der Waals surface area contributed by atoms with E-state index in [0.717, 1.165) is 37.7 Å². The van der Waals surface area contributed by atoms with E-state index in [9.17, 15) is 9.90 Å². The van der Waals surface area contributed by atoms with E-state index >= 15 is 0 Å². The van der Waals surface area contributed by atoms with Crippen molar-refractivity contribution in [3.8, 4) is 0 Å². The van der Waals surface area contributed by atoms with Gasteiger partial charge in [0.2, 0.25) is 0 Å². The number of unbranched alkanes of at least 4 members (excludes halogenated alkanes) is 2. The Balaban J connectivity index is 2.25. The highest BCUT2D eigenvalue weighted by Crippen LogP contribution is 2.37. The van der Waals surface area contributed by atoms with Crippen molar-refractivity contribution in [2.24, 2.45) is 5.92 Å². The second kappa shape index (κ2) is 9.62. The van der Waals surface area contributed by atoms with Crippen LogP contribution in [0.1, 0.15) is 92.9 Å². The van der Waals surface area contributed by atoms with Gasteiger partial charge in [-0.15, -0.1) is 0 Å². The number of carbonyl (C=O) groups is 1. The van der Waals surface area contributed by atoms with Crippen LogP contribution in [0.25, 0.3) is 0 Å². The first-order chi connectivity index (χ1) is 13.1. The normalized spacial score (nSPS) is 25.0. The van der Waals surface area contributed by atoms with Gasteiger partial charge in [0, 0.05) is 0 Å². The molecule has 162 valence electrons. The standard InChI is InChI=1S/C23H41NO4/c1-7-8-10-15-18(17-13-11-9-12-14-17)20(25)19-16-27-23(5,6)24(19)21(26)28-22(2,3)4/h15,17,19-20,25H,7-14,16H2,1-6H3/b18-15-/t19-,20-/m0/s1. The van der Waals surface area contributed by atoms with Crippen molar-refractivity contribution < 1.29 is 19.4 Å². The number of carbonyl (C=O) groups excluding carboxylic acids is 1. The lowest BCUT2D eigenvalue weighted by molar-refractivity contribution is -0.0667. The first-order valence-electron chi connectivity index (χ1n) is 11.1. The van der Waals surface area contributed by atoms with Gasteiger partial charge in [0.25, 0.3) is 0 Å². The lowest BCUT2D eigenvalue weighted by Crippen LogP contribution is -2.54. The summed E-state index contributed by atoms with van der Waals surface area (Å²) in [4.78, 5) is 14.6. The highest BCUT2D eigenvalue weighted by Gasteiger charge is 2.49. The third-order valence-corrected chi connectivity index (χ3v) is 5.83. The molecule has 0 bridgehead atoms. The minimum atomic E-state index is -0.797. The number of aliphatic hydroxyl groups is 1. The lowest BCUT2D eigenvalue weighted by Gasteiger charge is -2.38. The van der Waals surface area contributed by atoms with Crippen molar-refractivity contribution in [1.29, 1.82) is 0 Å². The number of nitrogens with zero attached hydrogens (tertiary/aromatic N) is 1. The molecule has 2 aliphatic rings. The molecule has 1 N–H and O–H groups in total. The van der Waals surface area contributed by atoms with E-state index in [0.29, 0.717) is 12.5 Å². The molecule has 1 aliphatic heterocycles. The quantitative estimate of drug-likeness (QED) is 0.482. The molecule has 1 saturated carbocycles. The van der Waals surface area contributed by atoms with Crippen molar-refractivity contribution >= 4 is 6.09 Å². The van der Waals surface area contributed by atoms with Crippen molar-refractivity contribution in [2.45, 2.75) is 116 Å². The van der Waals surface area contributed by atoms with Crippen LogP contribution in [0.4, 0.5) is 4.79 Å². The zero-order valence-electron chi connectivity index (χ0n) is 18.8. The van der Waals surface area contributed by atoms with E-state index < -0.39 is 29.6 Å². The lowest BCUT2D eigenvalue weighted by atomic mass is 9.79. The number of amides is 1. The zero-order chi connectivity index (χ0) is 20.9. The number of aliphatic hydroxyl groups excluding tert-OH is 1. The fourth-order valence-electron chi connectivity index (χ4n) is 4.39. The van der Waals surface area contributed by atoms with Crippen molar-refractivity contribution in [3.63, 3.8) is 0 Å². The molecular formula is C23H41NO4. The summed E-state index contributed by atoms with van der Waals surface area (Å²) in [5.74, 6) is 0.407. The van der Waals surface area contributed by atoms with Gasteiger partial charge in [0.05, 0.1) is 18.8 Å². The van der Waals surface area contributed by atoms with Crippen LogP contribution in [-0.2, 0) is 9.47 Å². The van der Waals surface area contributed by atoms with Gasteiger partial charge < -0.3 is 14.6 Å². The van der Waals surface area contributed by atoms with Gasteiger partial charge in [-0.3, -0.25) is 4.90 Å². The van der Waals surface area contributed by atoms with Crippen LogP contribution < -0.4 is 0 Å². The van der Waals surface area contributed by atoms with Crippen molar-refractivity contribution in [3.05, 3.63) is 11.6 Å². The molecule has 1 saturated heterocycles. The second-order valence-corrected chi connectivity index (χ2v) is 9.80. The molecule has 1 aliphatic carbocycles. The highest BCUT2D eigenvalue weighted by molar-refractivity contribution is 5.70. The van der Waals surface area contributed by atoms with Crippen LogP contribution in [0.2, 0.25) is 0 Å². The second-order valence-electron chi connectivity index (χ2n) is 9.80. The molecule has 0 radical (unpaired) electrons. The molecule has 2 rings (SSSR count). The van der Waals surface area contributed by atoms with E-state index in [4.69, 9.17) is 9.47 Å². The van der Waals surface area contributed by atoms with Crippen LogP contribution in [0.3, 0.4) is 0 Å². The first kappa shape index (κ1) is 23.2. The summed E-state index contributed by atoms with van der Waals surface area (Å²) in [7, 11) is 0. The molecule has 0 unspecified atom stereocenters. The summed E-state index contributed by atoms with van der Waals surface area (Å²) < 4.78 is 11.6. The number of ether oxygens (including phenoxy) is 2. The Morgan fingerprint density at radius 3 is 2.50 bits per heavy atom. The third-order valence-electron chi connectivity index (χ3n) is 5.83. The molecule has 5 nitrogen and oxygen atoms in total. The van der Waals surface area contributed by atoms with Crippen molar-refractivity contribution in [2.75, 3.05) is 6.61 Å². The summed E-state index contributed by atoms with van der Waals surface area (Å²) >= 11 is 0. The van der Waals surface area contributed by atoms with Crippen LogP contribution >= 0.6 is 0 Å². The molecule has 0 spiro atoms. The largest absolute Gasteiger partial charge is 0.444 e. The molecule has 0 aromatic heterocycles. The van der Waals surface area contributed by atoms with Crippen LogP contribution in [0.15, 0.2) is 11.6 Å². The maximum Gasteiger partial charge on any atom is 0.413 e. The molecule has 0 aromatic carbocycles. The Bertz CT molecular complexity index is 543.